The monoisotopic (exact) mass is 467 g/mol. The number of rotatable bonds is 6. The highest BCUT2D eigenvalue weighted by Crippen LogP contribution is 2.24. The molecule has 0 unspecified atom stereocenters. The highest BCUT2D eigenvalue weighted by Gasteiger charge is 2.25. The van der Waals surface area contributed by atoms with Gasteiger partial charge in [0.15, 0.2) is 5.13 Å². The second-order valence-corrected chi connectivity index (χ2v) is 9.08. The van der Waals surface area contributed by atoms with E-state index in [1.807, 2.05) is 18.7 Å². The van der Waals surface area contributed by atoms with Crippen LogP contribution in [0.3, 0.4) is 0 Å². The molecule has 2 amide bonds. The molecule has 6 nitrogen and oxygen atoms in total. The molecule has 0 aliphatic carbocycles. The van der Waals surface area contributed by atoms with Gasteiger partial charge in [-0.25, -0.2) is 9.37 Å². The number of carbonyl (C=O) groups excluding carboxylic acids is 2. The number of halogens is 1. The van der Waals surface area contributed by atoms with E-state index in [0.29, 0.717) is 23.9 Å². The third-order valence-corrected chi connectivity index (χ3v) is 6.46. The van der Waals surface area contributed by atoms with Crippen LogP contribution in [0, 0.1) is 19.7 Å². The Kier molecular flexibility index (Phi) is 7.03. The van der Waals surface area contributed by atoms with Gasteiger partial charge < -0.3 is 9.64 Å². The topological polar surface area (TPSA) is 71.5 Å². The van der Waals surface area contributed by atoms with Crippen molar-refractivity contribution in [2.45, 2.75) is 39.2 Å². The Morgan fingerprint density at radius 3 is 2.70 bits per heavy atom. The van der Waals surface area contributed by atoms with E-state index in [0.717, 1.165) is 29.7 Å². The van der Waals surface area contributed by atoms with Gasteiger partial charge in [-0.05, 0) is 43.2 Å². The molecule has 1 aromatic heterocycles. The van der Waals surface area contributed by atoms with E-state index >= 15 is 0 Å². The van der Waals surface area contributed by atoms with Gasteiger partial charge in [0.2, 0.25) is 5.91 Å². The van der Waals surface area contributed by atoms with Gasteiger partial charge in [0.05, 0.1) is 17.7 Å². The number of hydrogen-bond donors (Lipinski definition) is 1. The van der Waals surface area contributed by atoms with E-state index < -0.39 is 11.7 Å². The van der Waals surface area contributed by atoms with Crippen molar-refractivity contribution in [2.75, 3.05) is 18.4 Å². The molecule has 33 heavy (non-hydrogen) atoms. The van der Waals surface area contributed by atoms with Crippen LogP contribution >= 0.6 is 11.3 Å². The molecular weight excluding hydrogens is 441 g/mol. The number of benzene rings is 2. The fourth-order valence-corrected chi connectivity index (χ4v) is 4.46. The molecule has 1 N–H and O–H groups in total. The molecule has 0 atom stereocenters. The van der Waals surface area contributed by atoms with Gasteiger partial charge in [-0.2, -0.15) is 0 Å². The Bertz CT molecular complexity index is 1160. The molecule has 0 saturated carbocycles. The van der Waals surface area contributed by atoms with Crippen LogP contribution in [-0.2, 0) is 11.2 Å². The molecule has 172 valence electrons. The molecule has 1 aliphatic rings. The van der Waals surface area contributed by atoms with E-state index in [1.165, 1.54) is 29.5 Å². The van der Waals surface area contributed by atoms with Crippen LogP contribution < -0.4 is 10.1 Å². The number of amides is 2. The maximum Gasteiger partial charge on any atom is 0.260 e. The Hall–Kier alpha value is -3.26. The molecule has 1 saturated heterocycles. The normalized spacial score (nSPS) is 14.2. The van der Waals surface area contributed by atoms with E-state index in [1.54, 1.807) is 11.4 Å². The first-order valence-corrected chi connectivity index (χ1v) is 11.8. The van der Waals surface area contributed by atoms with Crippen LogP contribution in [0.25, 0.3) is 0 Å². The van der Waals surface area contributed by atoms with Crippen molar-refractivity contribution in [3.05, 3.63) is 76.0 Å². The highest BCUT2D eigenvalue weighted by molar-refractivity contribution is 7.14. The molecule has 1 aliphatic heterocycles. The molecule has 8 heteroatoms. The zero-order valence-electron chi connectivity index (χ0n) is 18.6. The second-order valence-electron chi connectivity index (χ2n) is 8.22. The summed E-state index contributed by atoms with van der Waals surface area (Å²) in [5.74, 6) is -0.247. The molecule has 3 aromatic rings. The summed E-state index contributed by atoms with van der Waals surface area (Å²) in [7, 11) is 0. The third kappa shape index (κ3) is 5.76. The molecule has 2 heterocycles. The maximum absolute atomic E-state index is 13.8. The highest BCUT2D eigenvalue weighted by atomic mass is 32.1. The number of ether oxygens (including phenoxy) is 1. The number of hydrogen-bond acceptors (Lipinski definition) is 5. The number of thiazole rings is 1. The predicted octanol–water partition coefficient (Wildman–Crippen LogP) is 4.76. The minimum Gasteiger partial charge on any atom is -0.490 e. The molecule has 0 bridgehead atoms. The van der Waals surface area contributed by atoms with Gasteiger partial charge in [0.1, 0.15) is 17.7 Å². The predicted molar refractivity (Wildman–Crippen MR) is 126 cm³/mol. The van der Waals surface area contributed by atoms with Crippen molar-refractivity contribution >= 4 is 28.3 Å². The first-order valence-electron chi connectivity index (χ1n) is 10.9. The Morgan fingerprint density at radius 1 is 1.18 bits per heavy atom. The SMILES string of the molecule is Cc1ccc(C)c(OC2CCN(C(=O)Cc3csc(NC(=O)c4ccccc4F)n3)CC2)c1. The van der Waals surface area contributed by atoms with Crippen molar-refractivity contribution in [2.24, 2.45) is 0 Å². The number of anilines is 1. The van der Waals surface area contributed by atoms with E-state index in [2.05, 4.69) is 28.5 Å². The van der Waals surface area contributed by atoms with E-state index in [-0.39, 0.29) is 24.0 Å². The van der Waals surface area contributed by atoms with Crippen molar-refractivity contribution in [1.82, 2.24) is 9.88 Å². The summed E-state index contributed by atoms with van der Waals surface area (Å²) in [5, 5.41) is 4.68. The largest absolute Gasteiger partial charge is 0.490 e. The molecular formula is C25H26FN3O3S. The van der Waals surface area contributed by atoms with Crippen molar-refractivity contribution < 1.29 is 18.7 Å². The summed E-state index contributed by atoms with van der Waals surface area (Å²) in [4.78, 5) is 31.1. The quantitative estimate of drug-likeness (QED) is 0.567. The molecule has 1 fully saturated rings. The number of likely N-dealkylation sites (tertiary alicyclic amines) is 1. The van der Waals surface area contributed by atoms with Crippen LogP contribution in [0.1, 0.15) is 40.0 Å². The van der Waals surface area contributed by atoms with Gasteiger partial charge in [-0.3, -0.25) is 14.9 Å². The number of aromatic nitrogens is 1. The van der Waals surface area contributed by atoms with Crippen LogP contribution in [0.15, 0.2) is 47.8 Å². The van der Waals surface area contributed by atoms with Crippen molar-refractivity contribution in [1.29, 1.82) is 0 Å². The number of nitrogens with one attached hydrogen (secondary N) is 1. The summed E-state index contributed by atoms with van der Waals surface area (Å²) in [6, 6.07) is 12.0. The molecule has 0 spiro atoms. The maximum atomic E-state index is 13.8. The first-order chi connectivity index (χ1) is 15.9. The summed E-state index contributed by atoms with van der Waals surface area (Å²) in [6.07, 6.45) is 1.81. The van der Waals surface area contributed by atoms with Crippen LogP contribution in [0.5, 0.6) is 5.75 Å². The minimum absolute atomic E-state index is 0.00235. The van der Waals surface area contributed by atoms with Gasteiger partial charge in [-0.15, -0.1) is 11.3 Å². The van der Waals surface area contributed by atoms with Gasteiger partial charge in [-0.1, -0.05) is 24.3 Å². The van der Waals surface area contributed by atoms with Crippen LogP contribution in [-0.4, -0.2) is 40.9 Å². The molecule has 2 aromatic carbocycles. The Balaban J connectivity index is 1.27. The minimum atomic E-state index is -0.591. The first kappa shape index (κ1) is 22.9. The summed E-state index contributed by atoms with van der Waals surface area (Å²) >= 11 is 1.21. The fraction of sp³-hybridized carbons (Fsp3) is 0.320. The average molecular weight is 468 g/mol. The zero-order valence-corrected chi connectivity index (χ0v) is 19.5. The number of nitrogens with zero attached hydrogens (tertiary/aromatic N) is 2. The second kappa shape index (κ2) is 10.1. The standard InChI is InChI=1S/C25H26FN3O3S/c1-16-7-8-17(2)22(13-16)32-19-9-11-29(12-10-19)23(30)14-18-15-33-25(27-18)28-24(31)20-5-3-4-6-21(20)26/h3-8,13,15,19H,9-12,14H2,1-2H3,(H,27,28,31). The summed E-state index contributed by atoms with van der Waals surface area (Å²) < 4.78 is 20.0. The fourth-order valence-electron chi connectivity index (χ4n) is 3.76. The Labute approximate surface area is 196 Å². The van der Waals surface area contributed by atoms with Gasteiger partial charge in [0.25, 0.3) is 5.91 Å². The lowest BCUT2D eigenvalue weighted by atomic mass is 10.1. The van der Waals surface area contributed by atoms with Gasteiger partial charge in [0, 0.05) is 31.3 Å². The smallest absolute Gasteiger partial charge is 0.260 e. The van der Waals surface area contributed by atoms with Gasteiger partial charge >= 0.3 is 0 Å². The van der Waals surface area contributed by atoms with Crippen molar-refractivity contribution in [3.63, 3.8) is 0 Å². The summed E-state index contributed by atoms with van der Waals surface area (Å²) in [5.41, 5.74) is 2.82. The van der Waals surface area contributed by atoms with E-state index in [9.17, 15) is 14.0 Å². The average Bonchev–Trinajstić information content (AvgIpc) is 3.23. The summed E-state index contributed by atoms with van der Waals surface area (Å²) in [6.45, 7) is 5.35. The van der Waals surface area contributed by atoms with Crippen LogP contribution in [0.4, 0.5) is 9.52 Å². The zero-order chi connectivity index (χ0) is 23.4. The number of piperidine rings is 1. The van der Waals surface area contributed by atoms with Crippen LogP contribution in [0.2, 0.25) is 0 Å². The number of aryl methyl sites for hydroxylation is 2. The Morgan fingerprint density at radius 2 is 1.94 bits per heavy atom. The lowest BCUT2D eigenvalue weighted by Crippen LogP contribution is -2.42. The lowest BCUT2D eigenvalue weighted by Gasteiger charge is -2.32. The van der Waals surface area contributed by atoms with E-state index in [4.69, 9.17) is 4.74 Å². The molecule has 0 radical (unpaired) electrons. The van der Waals surface area contributed by atoms with Crippen molar-refractivity contribution in [3.8, 4) is 5.75 Å². The number of carbonyl (C=O) groups is 2. The lowest BCUT2D eigenvalue weighted by molar-refractivity contribution is -0.132. The molecule has 4 rings (SSSR count). The third-order valence-electron chi connectivity index (χ3n) is 5.66.